The zero-order valence-electron chi connectivity index (χ0n) is 19.2. The number of aromatic nitrogens is 2. The zero-order valence-corrected chi connectivity index (χ0v) is 19.2. The molecule has 2 saturated heterocycles. The Hall–Kier alpha value is -1.77. The quantitative estimate of drug-likeness (QED) is 0.739. The van der Waals surface area contributed by atoms with Gasteiger partial charge in [-0.25, -0.2) is 9.97 Å². The summed E-state index contributed by atoms with van der Waals surface area (Å²) < 4.78 is 17.0. The predicted molar refractivity (Wildman–Crippen MR) is 117 cm³/mol. The average Bonchev–Trinajstić information content (AvgIpc) is 3.19. The van der Waals surface area contributed by atoms with Gasteiger partial charge in [-0.1, -0.05) is 13.8 Å². The van der Waals surface area contributed by atoms with Crippen molar-refractivity contribution in [2.75, 3.05) is 37.8 Å². The van der Waals surface area contributed by atoms with E-state index in [9.17, 15) is 4.79 Å². The molecule has 0 bridgehead atoms. The van der Waals surface area contributed by atoms with Crippen molar-refractivity contribution in [1.82, 2.24) is 15.3 Å². The first-order valence-electron chi connectivity index (χ1n) is 11.5. The van der Waals surface area contributed by atoms with Gasteiger partial charge in [-0.2, -0.15) is 0 Å². The number of rotatable bonds is 6. The number of nitrogens with one attached hydrogen (secondary N) is 1. The lowest BCUT2D eigenvalue weighted by atomic mass is 9.74. The highest BCUT2D eigenvalue weighted by Crippen LogP contribution is 2.40. The van der Waals surface area contributed by atoms with Crippen molar-refractivity contribution in [3.8, 4) is 0 Å². The van der Waals surface area contributed by atoms with Crippen molar-refractivity contribution in [2.45, 2.75) is 77.7 Å². The minimum atomic E-state index is -0.105. The molecule has 0 saturated carbocycles. The predicted octanol–water partition coefficient (Wildman–Crippen LogP) is 2.42. The van der Waals surface area contributed by atoms with E-state index in [1.807, 2.05) is 6.20 Å². The van der Waals surface area contributed by atoms with Gasteiger partial charge in [-0.05, 0) is 44.9 Å². The smallest absolute Gasteiger partial charge is 0.246 e. The monoisotopic (exact) mass is 432 g/mol. The molecule has 1 aromatic rings. The Balaban J connectivity index is 1.42. The van der Waals surface area contributed by atoms with E-state index in [0.29, 0.717) is 6.61 Å². The molecule has 31 heavy (non-hydrogen) atoms. The summed E-state index contributed by atoms with van der Waals surface area (Å²) >= 11 is 0. The van der Waals surface area contributed by atoms with Gasteiger partial charge < -0.3 is 24.4 Å². The van der Waals surface area contributed by atoms with Gasteiger partial charge in [-0.15, -0.1) is 0 Å². The van der Waals surface area contributed by atoms with E-state index in [1.165, 1.54) is 0 Å². The van der Waals surface area contributed by atoms with Crippen LogP contribution in [0.4, 0.5) is 5.95 Å². The van der Waals surface area contributed by atoms with Crippen LogP contribution in [0, 0.1) is 5.41 Å². The van der Waals surface area contributed by atoms with Crippen LogP contribution in [0.3, 0.4) is 0 Å². The molecule has 8 heteroatoms. The first-order chi connectivity index (χ1) is 14.8. The molecule has 8 nitrogen and oxygen atoms in total. The van der Waals surface area contributed by atoms with Gasteiger partial charge in [0.05, 0.1) is 36.7 Å². The minimum Gasteiger partial charge on any atom is -0.376 e. The van der Waals surface area contributed by atoms with E-state index in [2.05, 4.69) is 42.9 Å². The van der Waals surface area contributed by atoms with Crippen LogP contribution < -0.4 is 10.2 Å². The summed E-state index contributed by atoms with van der Waals surface area (Å²) in [4.78, 5) is 24.4. The third-order valence-electron chi connectivity index (χ3n) is 6.26. The van der Waals surface area contributed by atoms with Gasteiger partial charge in [0, 0.05) is 31.5 Å². The van der Waals surface area contributed by atoms with Crippen LogP contribution in [-0.4, -0.2) is 67.1 Å². The standard InChI is InChI=1S/C23H36N4O4/c1-15-11-27(12-16(2)31-15)22-24-10-18-19(8-23(3,4)9-20(18)26-22)25-21(28)14-29-13-17-6-5-7-30-17/h10,15-17,19H,5-9,11-14H2,1-4H3,(H,25,28)/t15-,16-,17+,19+/m1/s1. The van der Waals surface area contributed by atoms with Gasteiger partial charge in [0.1, 0.15) is 6.61 Å². The summed E-state index contributed by atoms with van der Waals surface area (Å²) in [7, 11) is 0. The van der Waals surface area contributed by atoms with Crippen LogP contribution in [0.2, 0.25) is 0 Å². The normalized spacial score (nSPS) is 30.1. The number of carbonyl (C=O) groups excluding carboxylic acids is 1. The maximum absolute atomic E-state index is 12.6. The highest BCUT2D eigenvalue weighted by molar-refractivity contribution is 5.77. The van der Waals surface area contributed by atoms with Gasteiger partial charge in [-0.3, -0.25) is 4.79 Å². The molecule has 0 spiro atoms. The number of anilines is 1. The number of carbonyl (C=O) groups is 1. The van der Waals surface area contributed by atoms with Crippen LogP contribution in [0.1, 0.15) is 64.3 Å². The Morgan fingerprint density at radius 2 is 2.10 bits per heavy atom. The highest BCUT2D eigenvalue weighted by Gasteiger charge is 2.35. The Morgan fingerprint density at radius 3 is 2.81 bits per heavy atom. The first-order valence-corrected chi connectivity index (χ1v) is 11.5. The van der Waals surface area contributed by atoms with Gasteiger partial charge in [0.15, 0.2) is 0 Å². The minimum absolute atomic E-state index is 0.0424. The molecule has 0 radical (unpaired) electrons. The summed E-state index contributed by atoms with van der Waals surface area (Å²) in [6, 6.07) is -0.103. The summed E-state index contributed by atoms with van der Waals surface area (Å²) in [6.07, 6.45) is 6.13. The van der Waals surface area contributed by atoms with E-state index >= 15 is 0 Å². The number of hydrogen-bond donors (Lipinski definition) is 1. The van der Waals surface area contributed by atoms with Crippen molar-refractivity contribution < 1.29 is 19.0 Å². The Labute approximate surface area is 185 Å². The third-order valence-corrected chi connectivity index (χ3v) is 6.26. The van der Waals surface area contributed by atoms with Crippen LogP contribution in [0.25, 0.3) is 0 Å². The van der Waals surface area contributed by atoms with Gasteiger partial charge in [0.25, 0.3) is 0 Å². The number of morpholine rings is 1. The van der Waals surface area contributed by atoms with Crippen molar-refractivity contribution in [3.63, 3.8) is 0 Å². The van der Waals surface area contributed by atoms with Crippen molar-refractivity contribution in [3.05, 3.63) is 17.5 Å². The molecule has 1 aromatic heterocycles. The second-order valence-corrected chi connectivity index (χ2v) is 10.0. The fourth-order valence-corrected chi connectivity index (χ4v) is 4.95. The van der Waals surface area contributed by atoms with Crippen LogP contribution >= 0.6 is 0 Å². The molecular formula is C23H36N4O4. The maximum atomic E-state index is 12.6. The van der Waals surface area contributed by atoms with E-state index in [1.54, 1.807) is 0 Å². The number of hydrogen-bond acceptors (Lipinski definition) is 7. The van der Waals surface area contributed by atoms with E-state index in [0.717, 1.165) is 62.6 Å². The molecule has 2 fully saturated rings. The number of fused-ring (bicyclic) bond motifs is 1. The Bertz CT molecular complexity index is 771. The van der Waals surface area contributed by atoms with E-state index in [-0.39, 0.29) is 42.3 Å². The summed E-state index contributed by atoms with van der Waals surface area (Å²) in [5.41, 5.74) is 2.09. The Kier molecular flexibility index (Phi) is 6.79. The lowest BCUT2D eigenvalue weighted by Gasteiger charge is -2.38. The molecule has 1 N–H and O–H groups in total. The lowest BCUT2D eigenvalue weighted by Crippen LogP contribution is -2.46. The van der Waals surface area contributed by atoms with Crippen LogP contribution in [-0.2, 0) is 25.4 Å². The maximum Gasteiger partial charge on any atom is 0.246 e. The van der Waals surface area contributed by atoms with Crippen LogP contribution in [0.15, 0.2) is 6.20 Å². The largest absolute Gasteiger partial charge is 0.376 e. The molecule has 1 aliphatic carbocycles. The zero-order chi connectivity index (χ0) is 22.0. The van der Waals surface area contributed by atoms with Gasteiger partial charge >= 0.3 is 0 Å². The highest BCUT2D eigenvalue weighted by atomic mass is 16.5. The summed E-state index contributed by atoms with van der Waals surface area (Å²) in [6.45, 7) is 11.5. The molecule has 4 atom stereocenters. The molecule has 1 amide bonds. The summed E-state index contributed by atoms with van der Waals surface area (Å²) in [5.74, 6) is 0.648. The molecule has 172 valence electrons. The number of amides is 1. The van der Waals surface area contributed by atoms with Crippen molar-refractivity contribution >= 4 is 11.9 Å². The van der Waals surface area contributed by atoms with Crippen LogP contribution in [0.5, 0.6) is 0 Å². The molecule has 3 heterocycles. The second kappa shape index (κ2) is 9.38. The van der Waals surface area contributed by atoms with Gasteiger partial charge in [0.2, 0.25) is 11.9 Å². The average molecular weight is 433 g/mol. The molecule has 4 rings (SSSR count). The molecule has 0 unspecified atom stereocenters. The number of nitrogens with zero attached hydrogens (tertiary/aromatic N) is 3. The first kappa shape index (κ1) is 22.4. The van der Waals surface area contributed by atoms with E-state index < -0.39 is 0 Å². The van der Waals surface area contributed by atoms with Crippen molar-refractivity contribution in [2.24, 2.45) is 5.41 Å². The molecule has 0 aromatic carbocycles. The topological polar surface area (TPSA) is 85.8 Å². The van der Waals surface area contributed by atoms with E-state index in [4.69, 9.17) is 19.2 Å². The fraction of sp³-hybridized carbons (Fsp3) is 0.783. The number of ether oxygens (including phenoxy) is 3. The second-order valence-electron chi connectivity index (χ2n) is 10.0. The lowest BCUT2D eigenvalue weighted by molar-refractivity contribution is -0.127. The third kappa shape index (κ3) is 5.73. The fourth-order valence-electron chi connectivity index (χ4n) is 4.95. The molecular weight excluding hydrogens is 396 g/mol. The molecule has 3 aliphatic rings. The SMILES string of the molecule is C[C@@H]1CN(c2ncc3c(n2)CC(C)(C)C[C@@H]3NC(=O)COC[C@@H]2CCCO2)C[C@@H](C)O1. The van der Waals surface area contributed by atoms with Crippen molar-refractivity contribution in [1.29, 1.82) is 0 Å². The summed E-state index contributed by atoms with van der Waals surface area (Å²) in [5, 5.41) is 3.15. The molecule has 2 aliphatic heterocycles. The Morgan fingerprint density at radius 1 is 1.32 bits per heavy atom.